The highest BCUT2D eigenvalue weighted by Crippen LogP contribution is 2.38. The van der Waals surface area contributed by atoms with Crippen LogP contribution in [0.2, 0.25) is 5.02 Å². The number of amides is 3. The Morgan fingerprint density at radius 2 is 2.00 bits per heavy atom. The normalized spacial score (nSPS) is 23.0. The standard InChI is InChI=1S/C14H13Cl2F2N3O4S/c1-19(26(24,25)6-15)10-4-11(9(18)3-8(10)16)21-13(22)12-2-7(17)5-20(12)14(21)23/h3-4,7,12H,2,5-6H2,1H3/t7-,12+/m0/s1. The summed E-state index contributed by atoms with van der Waals surface area (Å²) in [6.45, 7) is -0.256. The summed E-state index contributed by atoms with van der Waals surface area (Å²) >= 11 is 11.3. The number of anilines is 2. The summed E-state index contributed by atoms with van der Waals surface area (Å²) in [7, 11) is -2.78. The van der Waals surface area contributed by atoms with E-state index in [4.69, 9.17) is 23.2 Å². The lowest BCUT2D eigenvalue weighted by molar-refractivity contribution is -0.119. The van der Waals surface area contributed by atoms with E-state index in [9.17, 15) is 26.8 Å². The molecule has 0 saturated carbocycles. The fourth-order valence-corrected chi connectivity index (χ4v) is 4.35. The quantitative estimate of drug-likeness (QED) is 0.545. The van der Waals surface area contributed by atoms with Crippen LogP contribution in [-0.2, 0) is 14.8 Å². The average Bonchev–Trinajstić information content (AvgIpc) is 3.06. The van der Waals surface area contributed by atoms with Crippen molar-refractivity contribution in [2.24, 2.45) is 0 Å². The van der Waals surface area contributed by atoms with Gasteiger partial charge in [-0.05, 0) is 12.1 Å². The van der Waals surface area contributed by atoms with Crippen molar-refractivity contribution in [3.8, 4) is 0 Å². The van der Waals surface area contributed by atoms with Gasteiger partial charge in [0.05, 0.1) is 22.9 Å². The van der Waals surface area contributed by atoms with Crippen LogP contribution in [0.4, 0.5) is 25.0 Å². The van der Waals surface area contributed by atoms with Crippen molar-refractivity contribution in [3.05, 3.63) is 23.0 Å². The van der Waals surface area contributed by atoms with Gasteiger partial charge >= 0.3 is 6.03 Å². The number of hydrogen-bond acceptors (Lipinski definition) is 4. The Hall–Kier alpha value is -1.65. The maximum Gasteiger partial charge on any atom is 0.332 e. The Balaban J connectivity index is 2.06. The lowest BCUT2D eigenvalue weighted by Crippen LogP contribution is -2.35. The van der Waals surface area contributed by atoms with Crippen LogP contribution >= 0.6 is 23.2 Å². The Morgan fingerprint density at radius 3 is 2.58 bits per heavy atom. The van der Waals surface area contributed by atoms with E-state index >= 15 is 0 Å². The predicted octanol–water partition coefficient (Wildman–Crippen LogP) is 2.32. The largest absolute Gasteiger partial charge is 0.332 e. The van der Waals surface area contributed by atoms with Crippen LogP contribution in [0.5, 0.6) is 0 Å². The summed E-state index contributed by atoms with van der Waals surface area (Å²) in [5.74, 6) is -1.76. The lowest BCUT2D eigenvalue weighted by atomic mass is 10.2. The molecule has 0 N–H and O–H groups in total. The van der Waals surface area contributed by atoms with Gasteiger partial charge in [-0.15, -0.1) is 11.6 Å². The molecule has 2 atom stereocenters. The molecular formula is C14H13Cl2F2N3O4S. The highest BCUT2D eigenvalue weighted by molar-refractivity contribution is 7.93. The van der Waals surface area contributed by atoms with Crippen LogP contribution < -0.4 is 9.21 Å². The van der Waals surface area contributed by atoms with Gasteiger partial charge in [-0.1, -0.05) is 11.6 Å². The molecule has 0 aliphatic carbocycles. The summed E-state index contributed by atoms with van der Waals surface area (Å²) in [5.41, 5.74) is -0.611. The van der Waals surface area contributed by atoms with Crippen molar-refractivity contribution in [2.45, 2.75) is 18.6 Å². The van der Waals surface area contributed by atoms with Crippen molar-refractivity contribution < 1.29 is 26.8 Å². The van der Waals surface area contributed by atoms with Crippen LogP contribution in [-0.4, -0.2) is 56.3 Å². The van der Waals surface area contributed by atoms with Crippen LogP contribution in [0.1, 0.15) is 6.42 Å². The van der Waals surface area contributed by atoms with Crippen molar-refractivity contribution in [1.82, 2.24) is 4.90 Å². The molecule has 2 aliphatic heterocycles. The highest BCUT2D eigenvalue weighted by atomic mass is 35.5. The molecule has 3 rings (SSSR count). The fourth-order valence-electron chi connectivity index (χ4n) is 2.99. The van der Waals surface area contributed by atoms with Crippen LogP contribution in [0, 0.1) is 5.82 Å². The van der Waals surface area contributed by atoms with Crippen molar-refractivity contribution in [1.29, 1.82) is 0 Å². The maximum atomic E-state index is 14.4. The van der Waals surface area contributed by atoms with Gasteiger partial charge in [0.2, 0.25) is 10.0 Å². The number of benzene rings is 1. The molecule has 2 heterocycles. The molecule has 0 spiro atoms. The molecule has 12 heteroatoms. The minimum atomic E-state index is -3.93. The van der Waals surface area contributed by atoms with E-state index in [1.54, 1.807) is 0 Å². The lowest BCUT2D eigenvalue weighted by Gasteiger charge is -2.22. The van der Waals surface area contributed by atoms with Crippen LogP contribution in [0.15, 0.2) is 12.1 Å². The first kappa shape index (κ1) is 19.1. The zero-order valence-electron chi connectivity index (χ0n) is 13.3. The van der Waals surface area contributed by atoms with Crippen molar-refractivity contribution in [2.75, 3.05) is 28.0 Å². The minimum Gasteiger partial charge on any atom is -0.309 e. The molecule has 0 radical (unpaired) electrons. The maximum absolute atomic E-state index is 14.4. The molecule has 0 bridgehead atoms. The summed E-state index contributed by atoms with van der Waals surface area (Å²) in [6.07, 6.45) is -1.48. The summed E-state index contributed by atoms with van der Waals surface area (Å²) in [4.78, 5) is 26.5. The number of fused-ring (bicyclic) bond motifs is 1. The molecule has 1 aromatic carbocycles. The summed E-state index contributed by atoms with van der Waals surface area (Å²) in [6, 6.07) is -0.0864. The van der Waals surface area contributed by atoms with E-state index in [1.165, 1.54) is 0 Å². The van der Waals surface area contributed by atoms with Crippen LogP contribution in [0.25, 0.3) is 0 Å². The van der Waals surface area contributed by atoms with Gasteiger partial charge in [-0.2, -0.15) is 0 Å². The molecule has 26 heavy (non-hydrogen) atoms. The number of imide groups is 1. The van der Waals surface area contributed by atoms with Gasteiger partial charge < -0.3 is 4.90 Å². The summed E-state index contributed by atoms with van der Waals surface area (Å²) < 4.78 is 52.5. The number of nitrogens with zero attached hydrogens (tertiary/aromatic N) is 3. The molecule has 2 fully saturated rings. The number of carbonyl (C=O) groups excluding carboxylic acids is 2. The third-order valence-electron chi connectivity index (χ3n) is 4.34. The monoisotopic (exact) mass is 427 g/mol. The second-order valence-corrected chi connectivity index (χ2v) is 8.89. The number of urea groups is 1. The smallest absolute Gasteiger partial charge is 0.309 e. The van der Waals surface area contributed by atoms with Gasteiger partial charge in [0.1, 0.15) is 23.2 Å². The first-order valence-corrected chi connectivity index (χ1v) is 9.91. The van der Waals surface area contributed by atoms with E-state index in [-0.39, 0.29) is 23.7 Å². The Bertz CT molecular complexity index is 874. The number of carbonyl (C=O) groups is 2. The van der Waals surface area contributed by atoms with Crippen molar-refractivity contribution >= 4 is 56.5 Å². The number of alkyl halides is 2. The predicted molar refractivity (Wildman–Crippen MR) is 92.3 cm³/mol. The fraction of sp³-hybridized carbons (Fsp3) is 0.429. The molecule has 1 aromatic rings. The number of hydrogen-bond donors (Lipinski definition) is 0. The van der Waals surface area contributed by atoms with Gasteiger partial charge in [-0.25, -0.2) is 26.9 Å². The Morgan fingerprint density at radius 1 is 1.35 bits per heavy atom. The zero-order chi connectivity index (χ0) is 19.4. The third-order valence-corrected chi connectivity index (χ3v) is 6.78. The number of halogens is 4. The molecule has 7 nitrogen and oxygen atoms in total. The third kappa shape index (κ3) is 2.89. The molecule has 2 saturated heterocycles. The summed E-state index contributed by atoms with van der Waals surface area (Å²) in [5, 5.41) is -0.993. The highest BCUT2D eigenvalue weighted by Gasteiger charge is 2.52. The van der Waals surface area contributed by atoms with Crippen LogP contribution in [0.3, 0.4) is 0 Å². The average molecular weight is 428 g/mol. The van der Waals surface area contributed by atoms with Crippen molar-refractivity contribution in [3.63, 3.8) is 0 Å². The SMILES string of the molecule is CN(c1cc(N2C(=O)[C@H]3C[C@H](F)CN3C2=O)c(F)cc1Cl)S(=O)(=O)CCl. The van der Waals surface area contributed by atoms with Gasteiger partial charge in [0.15, 0.2) is 0 Å². The molecule has 142 valence electrons. The molecule has 2 aliphatic rings. The molecule has 3 amide bonds. The first-order chi connectivity index (χ1) is 12.1. The van der Waals surface area contributed by atoms with E-state index in [0.717, 1.165) is 28.4 Å². The molecular weight excluding hydrogens is 415 g/mol. The number of sulfonamides is 1. The Kier molecular flexibility index (Phi) is 4.78. The number of rotatable bonds is 4. The van der Waals surface area contributed by atoms with E-state index in [1.807, 2.05) is 0 Å². The molecule has 0 unspecified atom stereocenters. The zero-order valence-corrected chi connectivity index (χ0v) is 15.7. The van der Waals surface area contributed by atoms with E-state index < -0.39 is 50.9 Å². The van der Waals surface area contributed by atoms with E-state index in [2.05, 4.69) is 0 Å². The topological polar surface area (TPSA) is 78.0 Å². The second kappa shape index (κ2) is 6.50. The minimum absolute atomic E-state index is 0.153. The van der Waals surface area contributed by atoms with Gasteiger partial charge in [0.25, 0.3) is 5.91 Å². The van der Waals surface area contributed by atoms with Gasteiger partial charge in [-0.3, -0.25) is 9.10 Å². The van der Waals surface area contributed by atoms with Gasteiger partial charge in [0, 0.05) is 13.5 Å². The first-order valence-electron chi connectivity index (χ1n) is 7.38. The second-order valence-electron chi connectivity index (χ2n) is 5.90. The van der Waals surface area contributed by atoms with E-state index in [0.29, 0.717) is 4.90 Å². The Labute approximate surface area is 158 Å². The molecule has 0 aromatic heterocycles.